The molecule has 0 aliphatic carbocycles. The molecular weight excluding hydrogens is 374 g/mol. The van der Waals surface area contributed by atoms with Gasteiger partial charge in [-0.05, 0) is 19.1 Å². The highest BCUT2D eigenvalue weighted by molar-refractivity contribution is 7.17. The molecule has 1 saturated heterocycles. The van der Waals surface area contributed by atoms with Crippen molar-refractivity contribution >= 4 is 17.2 Å². The van der Waals surface area contributed by atoms with Gasteiger partial charge in [0.15, 0.2) is 0 Å². The van der Waals surface area contributed by atoms with Crippen molar-refractivity contribution < 1.29 is 13.6 Å². The van der Waals surface area contributed by atoms with E-state index in [2.05, 4.69) is 27.2 Å². The average molecular weight is 388 g/mol. The Morgan fingerprint density at radius 3 is 2.67 bits per heavy atom. The summed E-state index contributed by atoms with van der Waals surface area (Å²) >= 11 is 0.866. The highest BCUT2D eigenvalue weighted by atomic mass is 32.1. The van der Waals surface area contributed by atoms with Gasteiger partial charge in [-0.25, -0.2) is 19.2 Å². The van der Waals surface area contributed by atoms with Gasteiger partial charge in [0.2, 0.25) is 0 Å². The molecule has 0 radical (unpaired) electrons. The number of carbonyl (C=O) groups is 1. The maximum absolute atomic E-state index is 14.0. The predicted octanol–water partition coefficient (Wildman–Crippen LogP) is 1.98. The zero-order chi connectivity index (χ0) is 19.6. The van der Waals surface area contributed by atoms with Gasteiger partial charge in [-0.3, -0.25) is 10.2 Å². The number of rotatable bonds is 4. The molecule has 0 spiro atoms. The van der Waals surface area contributed by atoms with Crippen LogP contribution in [0.5, 0.6) is 0 Å². The van der Waals surface area contributed by atoms with Gasteiger partial charge >= 0.3 is 0 Å². The molecule has 138 valence electrons. The Bertz CT molecular complexity index is 943. The Morgan fingerprint density at radius 1 is 1.33 bits per heavy atom. The van der Waals surface area contributed by atoms with Crippen LogP contribution in [0.4, 0.5) is 8.78 Å². The minimum Gasteiger partial charge on any atom is -0.333 e. The van der Waals surface area contributed by atoms with E-state index in [-0.39, 0.29) is 21.9 Å². The minimum absolute atomic E-state index is 0.0601. The molecule has 1 amide bonds. The lowest BCUT2D eigenvalue weighted by Crippen LogP contribution is -2.46. The fourth-order valence-electron chi connectivity index (χ4n) is 2.80. The molecule has 2 heterocycles. The number of amides is 1. The predicted molar refractivity (Wildman–Crippen MR) is 92.8 cm³/mol. The first-order valence-corrected chi connectivity index (χ1v) is 8.78. The van der Waals surface area contributed by atoms with Crippen LogP contribution >= 0.6 is 11.3 Å². The molecule has 0 bridgehead atoms. The molecule has 1 aliphatic rings. The van der Waals surface area contributed by atoms with E-state index in [0.717, 1.165) is 23.5 Å². The van der Waals surface area contributed by atoms with E-state index >= 15 is 0 Å². The second-order valence-corrected chi connectivity index (χ2v) is 6.89. The number of nitrogens with zero attached hydrogens (tertiary/aromatic N) is 3. The summed E-state index contributed by atoms with van der Waals surface area (Å²) < 4.78 is 27.9. The van der Waals surface area contributed by atoms with Crippen molar-refractivity contribution in [2.45, 2.75) is 25.6 Å². The molecule has 1 aromatic carbocycles. The van der Waals surface area contributed by atoms with E-state index in [1.165, 1.54) is 6.07 Å². The van der Waals surface area contributed by atoms with Crippen LogP contribution in [0.3, 0.4) is 0 Å². The molecule has 2 aromatic rings. The van der Waals surface area contributed by atoms with Gasteiger partial charge in [-0.2, -0.15) is 10.5 Å². The Hall–Kier alpha value is -2.92. The summed E-state index contributed by atoms with van der Waals surface area (Å²) in [4.78, 5) is 16.9. The second kappa shape index (κ2) is 7.76. The summed E-state index contributed by atoms with van der Waals surface area (Å²) in [7, 11) is 0. The van der Waals surface area contributed by atoms with Gasteiger partial charge in [0.1, 0.15) is 27.7 Å². The number of thiazole rings is 1. The van der Waals surface area contributed by atoms with E-state index in [9.17, 15) is 18.8 Å². The molecule has 3 atom stereocenters. The van der Waals surface area contributed by atoms with Crippen LogP contribution < -0.4 is 16.2 Å². The summed E-state index contributed by atoms with van der Waals surface area (Å²) in [5, 5.41) is 20.8. The third-order valence-electron chi connectivity index (χ3n) is 4.14. The van der Waals surface area contributed by atoms with Gasteiger partial charge in [0, 0.05) is 0 Å². The lowest BCUT2D eigenvalue weighted by molar-refractivity contribution is 0.0930. The average Bonchev–Trinajstić information content (AvgIpc) is 3.18. The first-order valence-electron chi connectivity index (χ1n) is 7.96. The normalized spacial score (nSPS) is 21.4. The fourth-order valence-corrected chi connectivity index (χ4v) is 3.82. The highest BCUT2D eigenvalue weighted by Crippen LogP contribution is 2.32. The number of nitriles is 2. The summed E-state index contributed by atoms with van der Waals surface area (Å²) in [5.74, 6) is -2.70. The van der Waals surface area contributed by atoms with E-state index in [1.807, 2.05) is 6.07 Å². The number of halogens is 2. The number of carbonyl (C=O) groups excluding carboxylic acids is 1. The molecular formula is C17H14F2N6OS. The molecule has 1 aliphatic heterocycles. The Labute approximate surface area is 157 Å². The Balaban J connectivity index is 1.82. The maximum Gasteiger partial charge on any atom is 0.264 e. The molecule has 27 heavy (non-hydrogen) atoms. The van der Waals surface area contributed by atoms with Gasteiger partial charge in [0.25, 0.3) is 5.91 Å². The van der Waals surface area contributed by atoms with Crippen molar-refractivity contribution in [1.82, 2.24) is 21.2 Å². The van der Waals surface area contributed by atoms with Crippen LogP contribution in [0.25, 0.3) is 10.6 Å². The Kier molecular flexibility index (Phi) is 5.42. The molecule has 10 heteroatoms. The summed E-state index contributed by atoms with van der Waals surface area (Å²) in [6, 6.07) is 7.11. The lowest BCUT2D eigenvalue weighted by atomic mass is 9.98. The van der Waals surface area contributed by atoms with E-state index < -0.39 is 35.7 Å². The SMILES string of the molecule is Cc1nc(-c2c(F)cccc2F)sc1C(=O)NC1NNC(CC#N)C1C#N. The van der Waals surface area contributed by atoms with Crippen molar-refractivity contribution in [3.63, 3.8) is 0 Å². The standard InChI is InChI=1S/C17H14F2N6OS/c1-8-14(27-17(22-8)13-10(18)3-2-4-11(13)19)16(26)23-15-9(7-21)12(5-6-20)24-25-15/h2-4,9,12,15,24-25H,5H2,1H3,(H,23,26). The monoisotopic (exact) mass is 388 g/mol. The number of nitrogens with one attached hydrogen (secondary N) is 3. The van der Waals surface area contributed by atoms with Gasteiger partial charge in [-0.15, -0.1) is 11.3 Å². The van der Waals surface area contributed by atoms with Gasteiger partial charge < -0.3 is 5.32 Å². The minimum atomic E-state index is -0.763. The van der Waals surface area contributed by atoms with E-state index in [0.29, 0.717) is 5.69 Å². The summed E-state index contributed by atoms with van der Waals surface area (Å²) in [6.07, 6.45) is -0.607. The van der Waals surface area contributed by atoms with Crippen molar-refractivity contribution in [2.24, 2.45) is 5.92 Å². The van der Waals surface area contributed by atoms with E-state index in [1.54, 1.807) is 6.92 Å². The van der Waals surface area contributed by atoms with Gasteiger partial charge in [0.05, 0.1) is 41.8 Å². The maximum atomic E-state index is 14.0. The number of aryl methyl sites for hydroxylation is 1. The summed E-state index contributed by atoms with van der Waals surface area (Å²) in [5.41, 5.74) is 5.62. The Morgan fingerprint density at radius 2 is 2.04 bits per heavy atom. The molecule has 3 N–H and O–H groups in total. The fraction of sp³-hybridized carbons (Fsp3) is 0.294. The second-order valence-electron chi connectivity index (χ2n) is 5.89. The number of hydrogen-bond acceptors (Lipinski definition) is 7. The van der Waals surface area contributed by atoms with E-state index in [4.69, 9.17) is 5.26 Å². The molecule has 7 nitrogen and oxygen atoms in total. The molecule has 1 aromatic heterocycles. The third kappa shape index (κ3) is 3.64. The van der Waals surface area contributed by atoms with Crippen LogP contribution in [-0.2, 0) is 0 Å². The van der Waals surface area contributed by atoms with Crippen LogP contribution in [-0.4, -0.2) is 23.1 Å². The van der Waals surface area contributed by atoms with Crippen molar-refractivity contribution in [3.05, 3.63) is 40.4 Å². The first kappa shape index (κ1) is 18.9. The largest absolute Gasteiger partial charge is 0.333 e. The number of benzene rings is 1. The van der Waals surface area contributed by atoms with Crippen LogP contribution in [0.2, 0.25) is 0 Å². The number of hydrogen-bond donors (Lipinski definition) is 3. The smallest absolute Gasteiger partial charge is 0.264 e. The third-order valence-corrected chi connectivity index (χ3v) is 5.32. The van der Waals surface area contributed by atoms with Crippen molar-refractivity contribution in [2.75, 3.05) is 0 Å². The summed E-state index contributed by atoms with van der Waals surface area (Å²) in [6.45, 7) is 1.56. The quantitative estimate of drug-likeness (QED) is 0.738. The van der Waals surface area contributed by atoms with Crippen LogP contribution in [0.1, 0.15) is 21.8 Å². The number of hydrazine groups is 1. The van der Waals surface area contributed by atoms with Crippen molar-refractivity contribution in [1.29, 1.82) is 10.5 Å². The molecule has 1 fully saturated rings. The topological polar surface area (TPSA) is 114 Å². The highest BCUT2D eigenvalue weighted by Gasteiger charge is 2.37. The van der Waals surface area contributed by atoms with Gasteiger partial charge in [-0.1, -0.05) is 6.07 Å². The molecule has 3 rings (SSSR count). The van der Waals surface area contributed by atoms with Crippen LogP contribution in [0, 0.1) is 47.1 Å². The first-order chi connectivity index (χ1) is 13.0. The lowest BCUT2D eigenvalue weighted by Gasteiger charge is -2.15. The zero-order valence-corrected chi connectivity index (χ0v) is 14.9. The molecule has 0 saturated carbocycles. The van der Waals surface area contributed by atoms with Crippen molar-refractivity contribution in [3.8, 4) is 22.7 Å². The zero-order valence-electron chi connectivity index (χ0n) is 14.1. The number of aromatic nitrogens is 1. The molecule has 3 unspecified atom stereocenters. The van der Waals surface area contributed by atoms with Crippen LogP contribution in [0.15, 0.2) is 18.2 Å².